The first-order valence-electron chi connectivity index (χ1n) is 6.38. The van der Waals surface area contributed by atoms with Crippen LogP contribution in [0.25, 0.3) is 0 Å². The van der Waals surface area contributed by atoms with Gasteiger partial charge in [0.15, 0.2) is 0 Å². The van der Waals surface area contributed by atoms with Crippen molar-refractivity contribution in [3.05, 3.63) is 0 Å². The fourth-order valence-electron chi connectivity index (χ4n) is 2.99. The molecule has 0 aromatic rings. The van der Waals surface area contributed by atoms with Crippen LogP contribution in [-0.2, 0) is 4.74 Å². The minimum atomic E-state index is -2.47. The Labute approximate surface area is 94.7 Å². The van der Waals surface area contributed by atoms with Crippen LogP contribution >= 0.6 is 0 Å². The summed E-state index contributed by atoms with van der Waals surface area (Å²) in [5, 5.41) is 3.51. The van der Waals surface area contributed by atoms with Crippen molar-refractivity contribution in [1.82, 2.24) is 5.32 Å². The minimum Gasteiger partial charge on any atom is -0.361 e. The molecule has 92 valence electrons. The van der Waals surface area contributed by atoms with Crippen LogP contribution in [0.3, 0.4) is 0 Å². The predicted octanol–water partition coefficient (Wildman–Crippen LogP) is 2.68. The topological polar surface area (TPSA) is 21.3 Å². The van der Waals surface area contributed by atoms with Crippen molar-refractivity contribution >= 4 is 0 Å². The largest absolute Gasteiger partial charge is 0.361 e. The molecule has 0 aromatic carbocycles. The Morgan fingerprint density at radius 3 is 2.31 bits per heavy atom. The van der Waals surface area contributed by atoms with Gasteiger partial charge in [-0.25, -0.2) is 8.78 Å². The Hall–Kier alpha value is -0.220. The monoisotopic (exact) mass is 231 g/mol. The van der Waals surface area contributed by atoms with E-state index in [2.05, 4.69) is 5.32 Å². The van der Waals surface area contributed by atoms with Crippen molar-refractivity contribution in [3.63, 3.8) is 0 Å². The lowest BCUT2D eigenvalue weighted by Crippen LogP contribution is -2.59. The number of hydrogen-bond acceptors (Lipinski definition) is 2. The van der Waals surface area contributed by atoms with E-state index in [-0.39, 0.29) is 12.8 Å². The van der Waals surface area contributed by atoms with E-state index in [9.17, 15) is 8.78 Å². The Morgan fingerprint density at radius 2 is 1.69 bits per heavy atom. The van der Waals surface area contributed by atoms with Gasteiger partial charge in [0.05, 0.1) is 6.61 Å². The quantitative estimate of drug-likeness (QED) is 0.749. The maximum atomic E-state index is 13.1. The summed E-state index contributed by atoms with van der Waals surface area (Å²) < 4.78 is 32.0. The molecule has 1 spiro atoms. The molecule has 2 nitrogen and oxygen atoms in total. The van der Waals surface area contributed by atoms with E-state index < -0.39 is 11.6 Å². The molecule has 0 radical (unpaired) electrons. The van der Waals surface area contributed by atoms with Crippen molar-refractivity contribution < 1.29 is 13.5 Å². The molecule has 2 saturated carbocycles. The molecule has 1 N–H and O–H groups in total. The van der Waals surface area contributed by atoms with Crippen molar-refractivity contribution in [2.75, 3.05) is 6.61 Å². The standard InChI is InChI=1S/C12H19F2NO/c13-11(14)4-6-12(7-5-11)15-10(3-8-16-12)9-1-2-9/h9-10,15H,1-8H2. The van der Waals surface area contributed by atoms with Crippen LogP contribution in [0.1, 0.15) is 44.9 Å². The average molecular weight is 231 g/mol. The van der Waals surface area contributed by atoms with Crippen LogP contribution in [0.4, 0.5) is 8.78 Å². The zero-order chi connectivity index (χ0) is 11.2. The summed E-state index contributed by atoms with van der Waals surface area (Å²) >= 11 is 0. The first kappa shape index (κ1) is 10.9. The Kier molecular flexibility index (Phi) is 2.48. The maximum absolute atomic E-state index is 13.1. The van der Waals surface area contributed by atoms with Gasteiger partial charge in [0.2, 0.25) is 5.92 Å². The van der Waals surface area contributed by atoms with Gasteiger partial charge in [-0.3, -0.25) is 5.32 Å². The molecule has 1 heterocycles. The van der Waals surface area contributed by atoms with Crippen molar-refractivity contribution in [1.29, 1.82) is 0 Å². The van der Waals surface area contributed by atoms with Crippen LogP contribution in [0, 0.1) is 5.92 Å². The molecule has 4 heteroatoms. The van der Waals surface area contributed by atoms with Gasteiger partial charge in [0.1, 0.15) is 5.72 Å². The van der Waals surface area contributed by atoms with E-state index in [0.717, 1.165) is 18.9 Å². The third-order valence-corrected chi connectivity index (χ3v) is 4.24. The molecule has 1 unspecified atom stereocenters. The summed E-state index contributed by atoms with van der Waals surface area (Å²) in [5.74, 6) is -1.69. The number of alkyl halides is 2. The highest BCUT2D eigenvalue weighted by Gasteiger charge is 2.48. The fourth-order valence-corrected chi connectivity index (χ4v) is 2.99. The third-order valence-electron chi connectivity index (χ3n) is 4.24. The van der Waals surface area contributed by atoms with Crippen molar-refractivity contribution in [3.8, 4) is 0 Å². The highest BCUT2D eigenvalue weighted by Crippen LogP contribution is 2.43. The molecule has 16 heavy (non-hydrogen) atoms. The number of rotatable bonds is 1. The number of halogens is 2. The van der Waals surface area contributed by atoms with Gasteiger partial charge in [-0.15, -0.1) is 0 Å². The molecule has 0 aromatic heterocycles. The lowest BCUT2D eigenvalue weighted by atomic mass is 9.86. The first-order valence-corrected chi connectivity index (χ1v) is 6.38. The molecule has 1 saturated heterocycles. The summed E-state index contributed by atoms with van der Waals surface area (Å²) in [7, 11) is 0. The number of hydrogen-bond donors (Lipinski definition) is 1. The lowest BCUT2D eigenvalue weighted by molar-refractivity contribution is -0.171. The zero-order valence-electron chi connectivity index (χ0n) is 9.48. The van der Waals surface area contributed by atoms with Gasteiger partial charge in [-0.1, -0.05) is 0 Å². The van der Waals surface area contributed by atoms with Gasteiger partial charge in [-0.2, -0.15) is 0 Å². The molecule has 2 aliphatic carbocycles. The first-order chi connectivity index (χ1) is 7.59. The molecule has 0 bridgehead atoms. The normalized spacial score (nSPS) is 37.5. The highest BCUT2D eigenvalue weighted by atomic mass is 19.3. The SMILES string of the molecule is FC1(F)CCC2(CC1)NC(C1CC1)CCO2. The van der Waals surface area contributed by atoms with Crippen LogP contribution in [0.5, 0.6) is 0 Å². The molecule has 1 atom stereocenters. The van der Waals surface area contributed by atoms with Gasteiger partial charge < -0.3 is 4.74 Å². The van der Waals surface area contributed by atoms with Crippen LogP contribution in [0.2, 0.25) is 0 Å². The van der Waals surface area contributed by atoms with Gasteiger partial charge in [0.25, 0.3) is 0 Å². The Morgan fingerprint density at radius 1 is 1.00 bits per heavy atom. The van der Waals surface area contributed by atoms with E-state index in [1.807, 2.05) is 0 Å². The minimum absolute atomic E-state index is 0.0304. The second-order valence-electron chi connectivity index (χ2n) is 5.58. The van der Waals surface area contributed by atoms with E-state index in [0.29, 0.717) is 18.9 Å². The maximum Gasteiger partial charge on any atom is 0.248 e. The second kappa shape index (κ2) is 3.64. The zero-order valence-corrected chi connectivity index (χ0v) is 9.48. The van der Waals surface area contributed by atoms with Crippen molar-refractivity contribution in [2.45, 2.75) is 62.6 Å². The Balaban J connectivity index is 1.64. The summed E-state index contributed by atoms with van der Waals surface area (Å²) in [6.45, 7) is 0.736. The molecule has 0 amide bonds. The van der Waals surface area contributed by atoms with E-state index in [1.165, 1.54) is 12.8 Å². The average Bonchev–Trinajstić information content (AvgIpc) is 3.08. The third kappa shape index (κ3) is 2.09. The molecule has 3 fully saturated rings. The fraction of sp³-hybridized carbons (Fsp3) is 1.00. The summed E-state index contributed by atoms with van der Waals surface area (Å²) in [5.41, 5.74) is -0.423. The van der Waals surface area contributed by atoms with Gasteiger partial charge in [-0.05, 0) is 38.0 Å². The summed E-state index contributed by atoms with van der Waals surface area (Å²) in [6, 6.07) is 0.514. The number of nitrogens with one attached hydrogen (secondary N) is 1. The van der Waals surface area contributed by atoms with E-state index >= 15 is 0 Å². The molecular weight excluding hydrogens is 212 g/mol. The summed E-state index contributed by atoms with van der Waals surface area (Å²) in [6.07, 6.45) is 4.50. The van der Waals surface area contributed by atoms with Crippen LogP contribution in [0.15, 0.2) is 0 Å². The molecular formula is C12H19F2NO. The highest BCUT2D eigenvalue weighted by molar-refractivity contribution is 4.97. The predicted molar refractivity (Wildman–Crippen MR) is 56.4 cm³/mol. The Bertz CT molecular complexity index is 268. The van der Waals surface area contributed by atoms with Gasteiger partial charge >= 0.3 is 0 Å². The number of ether oxygens (including phenoxy) is 1. The smallest absolute Gasteiger partial charge is 0.248 e. The molecule has 3 rings (SSSR count). The molecule has 1 aliphatic heterocycles. The van der Waals surface area contributed by atoms with Gasteiger partial charge in [0, 0.05) is 18.9 Å². The second-order valence-corrected chi connectivity index (χ2v) is 5.58. The van der Waals surface area contributed by atoms with Crippen molar-refractivity contribution in [2.24, 2.45) is 5.92 Å². The summed E-state index contributed by atoms with van der Waals surface area (Å²) in [4.78, 5) is 0. The van der Waals surface area contributed by atoms with Crippen LogP contribution < -0.4 is 5.32 Å². The van der Waals surface area contributed by atoms with E-state index in [4.69, 9.17) is 4.74 Å². The van der Waals surface area contributed by atoms with E-state index in [1.54, 1.807) is 0 Å². The lowest BCUT2D eigenvalue weighted by Gasteiger charge is -2.46. The molecule has 3 aliphatic rings. The van der Waals surface area contributed by atoms with Crippen LogP contribution in [-0.4, -0.2) is 24.3 Å².